The average Bonchev–Trinajstić information content (AvgIpc) is 3.07. The Labute approximate surface area is 144 Å². The number of carbonyl (C=O) groups is 2. The molecule has 3 aromatic rings. The predicted molar refractivity (Wildman–Crippen MR) is 91.2 cm³/mol. The Bertz CT molecular complexity index is 967. The van der Waals surface area contributed by atoms with Gasteiger partial charge in [-0.2, -0.15) is 10.4 Å². The average molecular weight is 332 g/mol. The number of fused-ring (bicyclic) bond motifs is 1. The molecule has 124 valence electrons. The Balaban J connectivity index is 1.90. The number of aromatic nitrogens is 3. The predicted octanol–water partition coefficient (Wildman–Crippen LogP) is 2.89. The summed E-state index contributed by atoms with van der Waals surface area (Å²) in [5.74, 6) is -2.50. The fraction of sp³-hybridized carbons (Fsp3) is 0.211. The maximum atomic E-state index is 12.7. The van der Waals surface area contributed by atoms with Crippen LogP contribution in [0.5, 0.6) is 0 Å². The van der Waals surface area contributed by atoms with Gasteiger partial charge in [-0.25, -0.2) is 9.50 Å². The Morgan fingerprint density at radius 1 is 1.24 bits per heavy atom. The number of hydrogen-bond acceptors (Lipinski definition) is 5. The minimum absolute atomic E-state index is 0.170. The fourth-order valence-corrected chi connectivity index (χ4v) is 2.68. The van der Waals surface area contributed by atoms with Gasteiger partial charge in [0.05, 0.1) is 17.8 Å². The summed E-state index contributed by atoms with van der Waals surface area (Å²) in [6, 6.07) is 10.5. The molecule has 0 fully saturated rings. The van der Waals surface area contributed by atoms with Gasteiger partial charge in [-0.1, -0.05) is 37.6 Å². The van der Waals surface area contributed by atoms with Crippen LogP contribution < -0.4 is 0 Å². The lowest BCUT2D eigenvalue weighted by molar-refractivity contribution is 0.0847. The molecular weight excluding hydrogens is 316 g/mol. The fourth-order valence-electron chi connectivity index (χ4n) is 2.68. The second-order valence-corrected chi connectivity index (χ2v) is 5.68. The van der Waals surface area contributed by atoms with Crippen molar-refractivity contribution in [3.8, 4) is 6.07 Å². The van der Waals surface area contributed by atoms with Crippen molar-refractivity contribution in [2.45, 2.75) is 19.8 Å². The molecule has 0 unspecified atom stereocenters. The molecule has 1 atom stereocenters. The number of nitrogens with zero attached hydrogens (tertiary/aromatic N) is 4. The first kappa shape index (κ1) is 16.5. The molecule has 0 aliphatic heterocycles. The van der Waals surface area contributed by atoms with E-state index in [0.29, 0.717) is 11.2 Å². The first-order valence-electron chi connectivity index (χ1n) is 8.01. The third-order valence-corrected chi connectivity index (χ3v) is 3.98. The molecule has 2 heterocycles. The first-order valence-corrected chi connectivity index (χ1v) is 8.01. The van der Waals surface area contributed by atoms with E-state index in [-0.39, 0.29) is 5.56 Å². The van der Waals surface area contributed by atoms with Gasteiger partial charge < -0.3 is 0 Å². The molecule has 0 radical (unpaired) electrons. The molecule has 0 spiro atoms. The van der Waals surface area contributed by atoms with E-state index in [1.807, 2.05) is 18.2 Å². The van der Waals surface area contributed by atoms with Crippen LogP contribution in [0.1, 0.15) is 39.6 Å². The highest BCUT2D eigenvalue weighted by Crippen LogP contribution is 2.18. The minimum Gasteiger partial charge on any atom is -0.292 e. The van der Waals surface area contributed by atoms with Crippen LogP contribution in [-0.4, -0.2) is 26.2 Å². The summed E-state index contributed by atoms with van der Waals surface area (Å²) in [5, 5.41) is 13.4. The molecule has 0 aliphatic carbocycles. The summed E-state index contributed by atoms with van der Waals surface area (Å²) < 4.78 is 1.44. The number of benzene rings is 1. The Morgan fingerprint density at radius 2 is 2.00 bits per heavy atom. The zero-order chi connectivity index (χ0) is 17.8. The Hall–Kier alpha value is -3.33. The Kier molecular flexibility index (Phi) is 4.66. The molecule has 25 heavy (non-hydrogen) atoms. The third-order valence-electron chi connectivity index (χ3n) is 3.98. The van der Waals surface area contributed by atoms with Gasteiger partial charge in [0.2, 0.25) is 0 Å². The highest BCUT2D eigenvalue weighted by Gasteiger charge is 2.30. The van der Waals surface area contributed by atoms with Gasteiger partial charge in [-0.15, -0.1) is 0 Å². The van der Waals surface area contributed by atoms with Crippen molar-refractivity contribution < 1.29 is 9.59 Å². The van der Waals surface area contributed by atoms with E-state index >= 15 is 0 Å². The summed E-state index contributed by atoms with van der Waals surface area (Å²) in [4.78, 5) is 29.4. The minimum atomic E-state index is -1.41. The summed E-state index contributed by atoms with van der Waals surface area (Å²) in [7, 11) is 0. The van der Waals surface area contributed by atoms with Crippen LogP contribution >= 0.6 is 0 Å². The monoisotopic (exact) mass is 332 g/mol. The van der Waals surface area contributed by atoms with Crippen LogP contribution in [0.3, 0.4) is 0 Å². The van der Waals surface area contributed by atoms with Crippen LogP contribution in [0, 0.1) is 17.2 Å². The molecule has 0 amide bonds. The maximum absolute atomic E-state index is 12.7. The number of ketones is 2. The van der Waals surface area contributed by atoms with Crippen LogP contribution in [0.2, 0.25) is 0 Å². The highest BCUT2D eigenvalue weighted by atomic mass is 16.2. The third kappa shape index (κ3) is 3.17. The maximum Gasteiger partial charge on any atom is 0.193 e. The van der Waals surface area contributed by atoms with Crippen molar-refractivity contribution in [3.63, 3.8) is 0 Å². The molecule has 6 nitrogen and oxygen atoms in total. The standard InChI is InChI=1S/C19H16N4O2/c1-2-4-13-5-7-14(8-6-13)17(24)15(11-20)18(25)16-12-22-23-10-3-9-21-19(16)23/h3,5-10,12,15H,2,4H2,1H3/t15-/m0/s1. The molecule has 1 aromatic carbocycles. The summed E-state index contributed by atoms with van der Waals surface area (Å²) in [5.41, 5.74) is 1.97. The molecule has 3 rings (SSSR count). The van der Waals surface area contributed by atoms with Crippen LogP contribution in [-0.2, 0) is 6.42 Å². The topological polar surface area (TPSA) is 88.1 Å². The van der Waals surface area contributed by atoms with Crippen molar-refractivity contribution in [1.29, 1.82) is 5.26 Å². The van der Waals surface area contributed by atoms with Crippen molar-refractivity contribution in [1.82, 2.24) is 14.6 Å². The molecule has 0 saturated heterocycles. The summed E-state index contributed by atoms with van der Waals surface area (Å²) >= 11 is 0. The number of hydrogen-bond donors (Lipinski definition) is 0. The van der Waals surface area contributed by atoms with Crippen molar-refractivity contribution in [2.24, 2.45) is 5.92 Å². The van der Waals surface area contributed by atoms with E-state index < -0.39 is 17.5 Å². The largest absolute Gasteiger partial charge is 0.292 e. The van der Waals surface area contributed by atoms with E-state index in [1.54, 1.807) is 24.4 Å². The smallest absolute Gasteiger partial charge is 0.193 e. The quantitative estimate of drug-likeness (QED) is 0.511. The van der Waals surface area contributed by atoms with Crippen LogP contribution in [0.15, 0.2) is 48.9 Å². The molecular formula is C19H16N4O2. The first-order chi connectivity index (χ1) is 12.2. The number of nitriles is 1. The number of carbonyl (C=O) groups excluding carboxylic acids is 2. The van der Waals surface area contributed by atoms with Crippen molar-refractivity contribution in [3.05, 3.63) is 65.6 Å². The second-order valence-electron chi connectivity index (χ2n) is 5.68. The highest BCUT2D eigenvalue weighted by molar-refractivity contribution is 6.19. The molecule has 6 heteroatoms. The van der Waals surface area contributed by atoms with Gasteiger partial charge in [-0.05, 0) is 18.1 Å². The van der Waals surface area contributed by atoms with E-state index in [1.165, 1.54) is 16.9 Å². The second kappa shape index (κ2) is 7.05. The van der Waals surface area contributed by atoms with Crippen LogP contribution in [0.4, 0.5) is 0 Å². The van der Waals surface area contributed by atoms with E-state index in [4.69, 9.17) is 0 Å². The SMILES string of the molecule is CCCc1ccc(C(=O)[C@H](C#N)C(=O)c2cnn3cccnc23)cc1. The van der Waals surface area contributed by atoms with Gasteiger partial charge in [-0.3, -0.25) is 9.59 Å². The summed E-state index contributed by atoms with van der Waals surface area (Å²) in [6.45, 7) is 2.08. The summed E-state index contributed by atoms with van der Waals surface area (Å²) in [6.07, 6.45) is 6.45. The number of Topliss-reactive ketones (excluding diaryl/α,β-unsaturated/α-hetero) is 2. The lowest BCUT2D eigenvalue weighted by atomic mass is 9.91. The van der Waals surface area contributed by atoms with Gasteiger partial charge in [0.25, 0.3) is 0 Å². The van der Waals surface area contributed by atoms with E-state index in [0.717, 1.165) is 18.4 Å². The van der Waals surface area contributed by atoms with Crippen molar-refractivity contribution in [2.75, 3.05) is 0 Å². The van der Waals surface area contributed by atoms with Gasteiger partial charge >= 0.3 is 0 Å². The zero-order valence-corrected chi connectivity index (χ0v) is 13.7. The lowest BCUT2D eigenvalue weighted by Gasteiger charge is -2.07. The van der Waals surface area contributed by atoms with Crippen LogP contribution in [0.25, 0.3) is 5.65 Å². The number of aryl methyl sites for hydroxylation is 1. The normalized spacial score (nSPS) is 11.8. The van der Waals surface area contributed by atoms with E-state index in [9.17, 15) is 14.9 Å². The number of rotatable bonds is 6. The van der Waals surface area contributed by atoms with Gasteiger partial charge in [0.15, 0.2) is 23.1 Å². The molecule has 2 aromatic heterocycles. The molecule has 0 N–H and O–H groups in total. The lowest BCUT2D eigenvalue weighted by Crippen LogP contribution is -2.23. The molecule has 0 saturated carbocycles. The van der Waals surface area contributed by atoms with E-state index in [2.05, 4.69) is 17.0 Å². The van der Waals surface area contributed by atoms with Crippen molar-refractivity contribution >= 4 is 17.2 Å². The Morgan fingerprint density at radius 3 is 2.68 bits per heavy atom. The van der Waals surface area contributed by atoms with Gasteiger partial charge in [0, 0.05) is 18.0 Å². The zero-order valence-electron chi connectivity index (χ0n) is 13.7. The van der Waals surface area contributed by atoms with Gasteiger partial charge in [0.1, 0.15) is 0 Å². The molecule has 0 aliphatic rings. The molecule has 0 bridgehead atoms.